The van der Waals surface area contributed by atoms with Gasteiger partial charge >= 0.3 is 0 Å². The molecule has 5 heteroatoms. The van der Waals surface area contributed by atoms with Crippen LogP contribution in [0.1, 0.15) is 23.6 Å². The number of amides is 1. The number of carbonyl (C=O) groups is 1. The number of methoxy groups -OCH3 is 1. The highest BCUT2D eigenvalue weighted by molar-refractivity contribution is 5.78. The molecule has 1 saturated heterocycles. The van der Waals surface area contributed by atoms with Crippen LogP contribution >= 0.6 is 0 Å². The molecule has 1 aliphatic rings. The number of rotatable bonds is 8. The first-order chi connectivity index (χ1) is 13.7. The van der Waals surface area contributed by atoms with Gasteiger partial charge in [-0.25, -0.2) is 0 Å². The smallest absolute Gasteiger partial charge is 0.224 e. The Morgan fingerprint density at radius 3 is 2.25 bits per heavy atom. The molecule has 1 aliphatic heterocycles. The van der Waals surface area contributed by atoms with Gasteiger partial charge in [0.25, 0.3) is 0 Å². The van der Waals surface area contributed by atoms with E-state index in [1.807, 2.05) is 30.3 Å². The van der Waals surface area contributed by atoms with Crippen molar-refractivity contribution < 1.29 is 9.53 Å². The number of hydrogen-bond donors (Lipinski definition) is 1. The minimum Gasteiger partial charge on any atom is -0.497 e. The maximum Gasteiger partial charge on any atom is 0.224 e. The van der Waals surface area contributed by atoms with Crippen LogP contribution in [-0.2, 0) is 24.3 Å². The third-order valence-corrected chi connectivity index (χ3v) is 5.42. The molecule has 1 amide bonds. The Morgan fingerprint density at radius 2 is 1.61 bits per heavy atom. The van der Waals surface area contributed by atoms with Gasteiger partial charge in [-0.2, -0.15) is 0 Å². The van der Waals surface area contributed by atoms with E-state index in [4.69, 9.17) is 4.74 Å². The predicted octanol–water partition coefficient (Wildman–Crippen LogP) is 2.69. The van der Waals surface area contributed by atoms with Crippen molar-refractivity contribution >= 4 is 5.91 Å². The van der Waals surface area contributed by atoms with Crippen LogP contribution in [0.15, 0.2) is 48.5 Å². The monoisotopic (exact) mass is 381 g/mol. The molecule has 0 aromatic heterocycles. The van der Waals surface area contributed by atoms with Crippen LogP contribution < -0.4 is 10.1 Å². The zero-order chi connectivity index (χ0) is 19.8. The average Bonchev–Trinajstić information content (AvgIpc) is 2.74. The number of ether oxygens (including phenoxy) is 1. The summed E-state index contributed by atoms with van der Waals surface area (Å²) in [6.07, 6.45) is 0.380. The second-order valence-corrected chi connectivity index (χ2v) is 7.28. The number of nitrogens with zero attached hydrogens (tertiary/aromatic N) is 2. The summed E-state index contributed by atoms with van der Waals surface area (Å²) in [4.78, 5) is 17.3. The second kappa shape index (κ2) is 10.2. The number of likely N-dealkylation sites (N-methyl/N-ethyl adjacent to an activating group) is 1. The molecule has 0 saturated carbocycles. The lowest BCUT2D eigenvalue weighted by Gasteiger charge is -2.34. The van der Waals surface area contributed by atoms with Gasteiger partial charge in [0.05, 0.1) is 13.5 Å². The zero-order valence-electron chi connectivity index (χ0n) is 17.0. The molecular formula is C23H31N3O2. The van der Waals surface area contributed by atoms with Gasteiger partial charge in [-0.15, -0.1) is 0 Å². The van der Waals surface area contributed by atoms with Crippen LogP contribution in [0, 0.1) is 0 Å². The molecule has 0 radical (unpaired) electrons. The first-order valence-electron chi connectivity index (χ1n) is 10.1. The Labute approximate surface area is 168 Å². The molecule has 0 bridgehead atoms. The van der Waals surface area contributed by atoms with E-state index in [1.54, 1.807) is 7.11 Å². The Morgan fingerprint density at radius 1 is 0.964 bits per heavy atom. The fourth-order valence-corrected chi connectivity index (χ4v) is 3.57. The maximum atomic E-state index is 12.4. The van der Waals surface area contributed by atoms with E-state index in [1.165, 1.54) is 11.1 Å². The van der Waals surface area contributed by atoms with Crippen LogP contribution in [0.5, 0.6) is 5.75 Å². The van der Waals surface area contributed by atoms with E-state index in [2.05, 4.69) is 40.2 Å². The molecule has 1 heterocycles. The minimum absolute atomic E-state index is 0.0385. The fraction of sp³-hybridized carbons (Fsp3) is 0.435. The van der Waals surface area contributed by atoms with Crippen LogP contribution in [0.25, 0.3) is 0 Å². The normalized spacial score (nSPS) is 15.4. The molecule has 0 unspecified atom stereocenters. The zero-order valence-corrected chi connectivity index (χ0v) is 17.0. The summed E-state index contributed by atoms with van der Waals surface area (Å²) in [5.74, 6) is 0.842. The summed E-state index contributed by atoms with van der Waals surface area (Å²) in [6, 6.07) is 16.1. The van der Waals surface area contributed by atoms with Gasteiger partial charge in [0.1, 0.15) is 5.75 Å². The lowest BCUT2D eigenvalue weighted by Crippen LogP contribution is -2.45. The molecule has 1 fully saturated rings. The maximum absolute atomic E-state index is 12.4. The van der Waals surface area contributed by atoms with E-state index in [0.29, 0.717) is 13.0 Å². The minimum atomic E-state index is 0.0385. The van der Waals surface area contributed by atoms with Crippen LogP contribution in [0.4, 0.5) is 0 Å². The van der Waals surface area contributed by atoms with Gasteiger partial charge in [-0.05, 0) is 35.4 Å². The van der Waals surface area contributed by atoms with Crippen molar-refractivity contribution in [2.75, 3.05) is 39.8 Å². The van der Waals surface area contributed by atoms with Crippen LogP contribution in [0.2, 0.25) is 0 Å². The molecular weight excluding hydrogens is 350 g/mol. The van der Waals surface area contributed by atoms with Crippen molar-refractivity contribution in [1.29, 1.82) is 0 Å². The molecule has 28 heavy (non-hydrogen) atoms. The molecule has 2 aromatic rings. The quantitative estimate of drug-likeness (QED) is 0.764. The first-order valence-corrected chi connectivity index (χ1v) is 10.1. The van der Waals surface area contributed by atoms with Gasteiger partial charge in [0.2, 0.25) is 5.91 Å². The van der Waals surface area contributed by atoms with Crippen molar-refractivity contribution in [3.05, 3.63) is 65.2 Å². The van der Waals surface area contributed by atoms with Gasteiger partial charge in [-0.1, -0.05) is 43.3 Å². The number of carbonyl (C=O) groups excluding carboxylic acids is 1. The molecule has 2 aromatic carbocycles. The van der Waals surface area contributed by atoms with Gasteiger partial charge in [0.15, 0.2) is 0 Å². The van der Waals surface area contributed by atoms with Crippen LogP contribution in [-0.4, -0.2) is 55.5 Å². The topological polar surface area (TPSA) is 44.8 Å². The van der Waals surface area contributed by atoms with E-state index < -0.39 is 0 Å². The summed E-state index contributed by atoms with van der Waals surface area (Å²) in [5, 5.41) is 3.07. The SMILES string of the molecule is CCN1CCN(Cc2ccccc2CNC(=O)Cc2ccc(OC)cc2)CC1. The predicted molar refractivity (Wildman–Crippen MR) is 112 cm³/mol. The highest BCUT2D eigenvalue weighted by atomic mass is 16.5. The third-order valence-electron chi connectivity index (χ3n) is 5.42. The highest BCUT2D eigenvalue weighted by Gasteiger charge is 2.16. The van der Waals surface area contributed by atoms with Gasteiger partial charge in [0, 0.05) is 39.3 Å². The Balaban J connectivity index is 1.52. The summed E-state index contributed by atoms with van der Waals surface area (Å²) >= 11 is 0. The molecule has 1 N–H and O–H groups in total. The summed E-state index contributed by atoms with van der Waals surface area (Å²) in [7, 11) is 1.64. The molecule has 0 aliphatic carbocycles. The molecule has 3 rings (SSSR count). The largest absolute Gasteiger partial charge is 0.497 e. The Bertz CT molecular complexity index is 753. The summed E-state index contributed by atoms with van der Waals surface area (Å²) < 4.78 is 5.16. The van der Waals surface area contributed by atoms with E-state index in [9.17, 15) is 4.79 Å². The molecule has 0 spiro atoms. The standard InChI is InChI=1S/C23H31N3O2/c1-3-25-12-14-26(15-13-25)18-21-7-5-4-6-20(21)17-24-23(27)16-19-8-10-22(28-2)11-9-19/h4-11H,3,12-18H2,1-2H3,(H,24,27). The number of nitrogens with one attached hydrogen (secondary N) is 1. The molecule has 150 valence electrons. The lowest BCUT2D eigenvalue weighted by molar-refractivity contribution is -0.120. The van der Waals surface area contributed by atoms with E-state index in [0.717, 1.165) is 50.6 Å². The number of piperazine rings is 1. The van der Waals surface area contributed by atoms with Crippen molar-refractivity contribution in [2.45, 2.75) is 26.4 Å². The van der Waals surface area contributed by atoms with E-state index >= 15 is 0 Å². The van der Waals surface area contributed by atoms with Crippen molar-refractivity contribution in [1.82, 2.24) is 15.1 Å². The van der Waals surface area contributed by atoms with Gasteiger partial charge in [-0.3, -0.25) is 9.69 Å². The average molecular weight is 382 g/mol. The molecule has 0 atom stereocenters. The van der Waals surface area contributed by atoms with Gasteiger partial charge < -0.3 is 15.0 Å². The lowest BCUT2D eigenvalue weighted by atomic mass is 10.1. The van der Waals surface area contributed by atoms with Crippen molar-refractivity contribution in [3.8, 4) is 5.75 Å². The first kappa shape index (κ1) is 20.4. The Hall–Kier alpha value is -2.37. The molecule has 5 nitrogen and oxygen atoms in total. The second-order valence-electron chi connectivity index (χ2n) is 7.28. The third kappa shape index (κ3) is 5.81. The summed E-state index contributed by atoms with van der Waals surface area (Å²) in [5.41, 5.74) is 3.49. The summed E-state index contributed by atoms with van der Waals surface area (Å²) in [6.45, 7) is 9.35. The highest BCUT2D eigenvalue weighted by Crippen LogP contribution is 2.14. The Kier molecular flexibility index (Phi) is 7.46. The number of benzene rings is 2. The fourth-order valence-electron chi connectivity index (χ4n) is 3.57. The van der Waals surface area contributed by atoms with Crippen molar-refractivity contribution in [3.63, 3.8) is 0 Å². The number of hydrogen-bond acceptors (Lipinski definition) is 4. The van der Waals surface area contributed by atoms with Crippen molar-refractivity contribution in [2.24, 2.45) is 0 Å². The van der Waals surface area contributed by atoms with E-state index in [-0.39, 0.29) is 5.91 Å². The van der Waals surface area contributed by atoms with Crippen LogP contribution in [0.3, 0.4) is 0 Å².